The molecule has 4 rings (SSSR count). The summed E-state index contributed by atoms with van der Waals surface area (Å²) in [5.74, 6) is 0. The third-order valence-electron chi connectivity index (χ3n) is 6.54. The summed E-state index contributed by atoms with van der Waals surface area (Å²) in [6.07, 6.45) is 4.17. The molecule has 180 valence electrons. The summed E-state index contributed by atoms with van der Waals surface area (Å²) in [7, 11) is 0. The first-order valence-corrected chi connectivity index (χ1v) is 11.5. The number of nitrogens with one attached hydrogen (secondary N) is 1. The largest absolute Gasteiger partial charge is 0.416 e. The summed E-state index contributed by atoms with van der Waals surface area (Å²) in [6.45, 7) is 12.3. The van der Waals surface area contributed by atoms with Gasteiger partial charge in [-0.15, -0.1) is 0 Å². The van der Waals surface area contributed by atoms with Crippen molar-refractivity contribution in [1.29, 1.82) is 0 Å². The second-order valence-corrected chi connectivity index (χ2v) is 8.83. The molecule has 1 unspecified atom stereocenters. The number of likely N-dealkylation sites (tertiary alicyclic amines) is 1. The molecular weight excluding hydrogens is 427 g/mol. The summed E-state index contributed by atoms with van der Waals surface area (Å²) in [4.78, 5) is 6.73. The second-order valence-electron chi connectivity index (χ2n) is 8.83. The summed E-state index contributed by atoms with van der Waals surface area (Å²) in [5, 5.41) is 3.66. The molecule has 2 aromatic rings. The number of hydrogen-bond donors (Lipinski definition) is 1. The van der Waals surface area contributed by atoms with Crippen LogP contribution in [0.3, 0.4) is 0 Å². The van der Waals surface area contributed by atoms with Crippen LogP contribution in [0.5, 0.6) is 0 Å². The fraction of sp³-hybridized carbons (Fsp3) is 0.500. The van der Waals surface area contributed by atoms with E-state index in [4.69, 9.17) is 4.74 Å². The van der Waals surface area contributed by atoms with Gasteiger partial charge in [0.05, 0.1) is 11.1 Å². The Kier molecular flexibility index (Phi) is 8.54. The van der Waals surface area contributed by atoms with E-state index in [1.807, 2.05) is 12.4 Å². The van der Waals surface area contributed by atoms with Crippen molar-refractivity contribution in [2.75, 3.05) is 26.3 Å². The van der Waals surface area contributed by atoms with Gasteiger partial charge in [0.2, 0.25) is 0 Å². The van der Waals surface area contributed by atoms with E-state index in [-0.39, 0.29) is 11.6 Å². The van der Waals surface area contributed by atoms with E-state index in [0.29, 0.717) is 5.56 Å². The van der Waals surface area contributed by atoms with Crippen molar-refractivity contribution in [3.05, 3.63) is 77.8 Å². The van der Waals surface area contributed by atoms with Crippen molar-refractivity contribution >= 4 is 0 Å². The van der Waals surface area contributed by atoms with E-state index >= 15 is 0 Å². The lowest BCUT2D eigenvalue weighted by atomic mass is 9.84. The molecule has 1 N–H and O–H groups in total. The lowest BCUT2D eigenvalue weighted by Gasteiger charge is -2.46. The molecule has 1 aromatic heterocycles. The Balaban J connectivity index is 0.000000235. The molecule has 2 saturated heterocycles. The molecule has 2 aliphatic rings. The molecule has 2 fully saturated rings. The number of nitrogens with zero attached hydrogens (tertiary/aromatic N) is 2. The van der Waals surface area contributed by atoms with Gasteiger partial charge < -0.3 is 10.1 Å². The normalized spacial score (nSPS) is 19.3. The Morgan fingerprint density at radius 1 is 1.12 bits per heavy atom. The molecular formula is C26H34F3N3O. The number of ether oxygens (including phenoxy) is 1. The predicted molar refractivity (Wildman–Crippen MR) is 125 cm³/mol. The van der Waals surface area contributed by atoms with Crippen molar-refractivity contribution in [2.24, 2.45) is 0 Å². The highest BCUT2D eigenvalue weighted by Crippen LogP contribution is 2.36. The number of hydrogen-bond acceptors (Lipinski definition) is 4. The van der Waals surface area contributed by atoms with Gasteiger partial charge in [0.15, 0.2) is 0 Å². The Labute approximate surface area is 194 Å². The summed E-state index contributed by atoms with van der Waals surface area (Å²) in [5.41, 5.74) is 2.51. The van der Waals surface area contributed by atoms with E-state index in [9.17, 15) is 13.2 Å². The molecule has 0 amide bonds. The fourth-order valence-electron chi connectivity index (χ4n) is 4.62. The quantitative estimate of drug-likeness (QED) is 0.601. The number of alkyl halides is 3. The van der Waals surface area contributed by atoms with Crippen LogP contribution in [-0.2, 0) is 10.9 Å². The highest BCUT2D eigenvalue weighted by atomic mass is 19.4. The van der Waals surface area contributed by atoms with Crippen LogP contribution in [-0.4, -0.2) is 41.7 Å². The van der Waals surface area contributed by atoms with Gasteiger partial charge >= 0.3 is 6.18 Å². The molecule has 0 spiro atoms. The maximum atomic E-state index is 12.0. The van der Waals surface area contributed by atoms with Gasteiger partial charge in [-0.25, -0.2) is 0 Å². The third-order valence-corrected chi connectivity index (χ3v) is 6.54. The van der Waals surface area contributed by atoms with Gasteiger partial charge in [-0.2, -0.15) is 13.2 Å². The van der Waals surface area contributed by atoms with Crippen molar-refractivity contribution in [3.63, 3.8) is 0 Å². The predicted octanol–water partition coefficient (Wildman–Crippen LogP) is 5.90. The Morgan fingerprint density at radius 2 is 1.76 bits per heavy atom. The van der Waals surface area contributed by atoms with Crippen LogP contribution in [0.2, 0.25) is 0 Å². The molecule has 0 aliphatic carbocycles. The summed E-state index contributed by atoms with van der Waals surface area (Å²) >= 11 is 0. The number of aromatic nitrogens is 1. The smallest absolute Gasteiger partial charge is 0.381 e. The number of rotatable bonds is 5. The SMILES string of the molecule is C=C(NC(C)c1ccncc1)C1(N2CCCC2)CCOCC1.Cc1cccc(C(F)(F)F)c1. The van der Waals surface area contributed by atoms with Gasteiger partial charge in [0, 0.05) is 37.3 Å². The van der Waals surface area contributed by atoms with E-state index < -0.39 is 11.7 Å². The molecule has 7 heteroatoms. The second kappa shape index (κ2) is 11.2. The van der Waals surface area contributed by atoms with Gasteiger partial charge in [0.1, 0.15) is 0 Å². The minimum Gasteiger partial charge on any atom is -0.381 e. The Hall–Kier alpha value is -2.38. The van der Waals surface area contributed by atoms with Crippen LogP contribution in [0.15, 0.2) is 61.1 Å². The molecule has 33 heavy (non-hydrogen) atoms. The third kappa shape index (κ3) is 6.58. The maximum Gasteiger partial charge on any atom is 0.416 e. The molecule has 0 saturated carbocycles. The first-order valence-electron chi connectivity index (χ1n) is 11.5. The maximum absolute atomic E-state index is 12.0. The van der Waals surface area contributed by atoms with Crippen molar-refractivity contribution < 1.29 is 17.9 Å². The number of halogens is 3. The van der Waals surface area contributed by atoms with Gasteiger partial charge in [-0.1, -0.05) is 30.3 Å². The molecule has 3 heterocycles. The number of benzene rings is 1. The lowest BCUT2D eigenvalue weighted by Crippen LogP contribution is -2.55. The van der Waals surface area contributed by atoms with Crippen LogP contribution in [0.4, 0.5) is 13.2 Å². The zero-order valence-corrected chi connectivity index (χ0v) is 19.5. The zero-order chi connectivity index (χ0) is 23.9. The lowest BCUT2D eigenvalue weighted by molar-refractivity contribution is -0.137. The van der Waals surface area contributed by atoms with Crippen molar-refractivity contribution in [1.82, 2.24) is 15.2 Å². The van der Waals surface area contributed by atoms with Crippen LogP contribution >= 0.6 is 0 Å². The van der Waals surface area contributed by atoms with Gasteiger partial charge in [0.25, 0.3) is 0 Å². The zero-order valence-electron chi connectivity index (χ0n) is 19.5. The van der Waals surface area contributed by atoms with Crippen LogP contribution in [0, 0.1) is 6.92 Å². The first-order chi connectivity index (χ1) is 15.7. The van der Waals surface area contributed by atoms with Gasteiger partial charge in [-0.05, 0) is 76.4 Å². The minimum absolute atomic E-state index is 0.0655. The molecule has 2 aliphatic heterocycles. The van der Waals surface area contributed by atoms with Crippen LogP contribution < -0.4 is 5.32 Å². The fourth-order valence-corrected chi connectivity index (χ4v) is 4.62. The average molecular weight is 462 g/mol. The summed E-state index contributed by atoms with van der Waals surface area (Å²) in [6, 6.07) is 9.60. The molecule has 4 nitrogen and oxygen atoms in total. The molecule has 0 radical (unpaired) electrons. The molecule has 0 bridgehead atoms. The van der Waals surface area contributed by atoms with E-state index in [0.717, 1.165) is 43.9 Å². The van der Waals surface area contributed by atoms with Crippen molar-refractivity contribution in [2.45, 2.75) is 57.3 Å². The molecule has 1 aromatic carbocycles. The Morgan fingerprint density at radius 3 is 2.30 bits per heavy atom. The highest BCUT2D eigenvalue weighted by Gasteiger charge is 2.42. The van der Waals surface area contributed by atoms with E-state index in [1.165, 1.54) is 37.6 Å². The van der Waals surface area contributed by atoms with Crippen LogP contribution in [0.25, 0.3) is 0 Å². The molecule has 1 atom stereocenters. The Bertz CT molecular complexity index is 889. The standard InChI is InChI=1S/C18H27N3O.C8H7F3/c1-15(17-5-9-19-10-6-17)20-16(2)18(7-13-22-14-8-18)21-11-3-4-12-21;1-6-3-2-4-7(5-6)8(9,10)11/h5-6,9-10,15,20H,2-4,7-8,11-14H2,1H3;2-5H,1H3. The minimum atomic E-state index is -4.22. The highest BCUT2D eigenvalue weighted by molar-refractivity contribution is 5.24. The number of pyridine rings is 1. The first kappa shape index (κ1) is 25.2. The number of aryl methyl sites for hydroxylation is 1. The van der Waals surface area contributed by atoms with Crippen LogP contribution in [0.1, 0.15) is 55.3 Å². The van der Waals surface area contributed by atoms with Gasteiger partial charge in [-0.3, -0.25) is 9.88 Å². The van der Waals surface area contributed by atoms with E-state index in [1.54, 1.807) is 13.0 Å². The average Bonchev–Trinajstić information content (AvgIpc) is 3.35. The van der Waals surface area contributed by atoms with E-state index in [2.05, 4.69) is 40.8 Å². The topological polar surface area (TPSA) is 37.4 Å². The monoisotopic (exact) mass is 461 g/mol. The van der Waals surface area contributed by atoms with Crippen molar-refractivity contribution in [3.8, 4) is 0 Å². The summed E-state index contributed by atoms with van der Waals surface area (Å²) < 4.78 is 41.5.